The molecule has 9 heteroatoms. The Morgan fingerprint density at radius 3 is 2.11 bits per heavy atom. The molecule has 1 atom stereocenters. The average molecular weight is 632 g/mol. The Labute approximate surface area is 265 Å². The highest BCUT2D eigenvalue weighted by Crippen LogP contribution is 2.26. The van der Waals surface area contributed by atoms with Crippen LogP contribution < -0.4 is 9.62 Å². The third-order valence-electron chi connectivity index (χ3n) is 7.26. The van der Waals surface area contributed by atoms with Gasteiger partial charge < -0.3 is 10.2 Å². The molecular weight excluding hydrogens is 594 g/mol. The number of nitrogens with zero attached hydrogens (tertiary/aromatic N) is 2. The van der Waals surface area contributed by atoms with Crippen LogP contribution in [-0.2, 0) is 32.6 Å². The van der Waals surface area contributed by atoms with Gasteiger partial charge in [0, 0.05) is 24.5 Å². The molecule has 7 nitrogen and oxygen atoms in total. The quantitative estimate of drug-likeness (QED) is 0.163. The fraction of sp³-hybridized carbons (Fsp3) is 0.257. The lowest BCUT2D eigenvalue weighted by molar-refractivity contribution is -0.140. The lowest BCUT2D eigenvalue weighted by Crippen LogP contribution is -2.53. The molecule has 0 fully saturated rings. The molecule has 4 rings (SSSR count). The van der Waals surface area contributed by atoms with Gasteiger partial charge in [0.15, 0.2) is 0 Å². The average Bonchev–Trinajstić information content (AvgIpc) is 3.02. The first kappa shape index (κ1) is 32.8. The Morgan fingerprint density at radius 2 is 1.48 bits per heavy atom. The number of amides is 2. The van der Waals surface area contributed by atoms with Crippen LogP contribution in [-0.4, -0.2) is 44.3 Å². The number of aryl methyl sites for hydroxylation is 1. The summed E-state index contributed by atoms with van der Waals surface area (Å²) in [6, 6.07) is 30.7. The number of unbranched alkanes of at least 4 members (excludes halogenated alkanes) is 1. The van der Waals surface area contributed by atoms with Crippen molar-refractivity contribution < 1.29 is 18.0 Å². The molecule has 0 radical (unpaired) electrons. The Kier molecular flexibility index (Phi) is 11.6. The zero-order valence-corrected chi connectivity index (χ0v) is 26.6. The Hall–Kier alpha value is -4.14. The van der Waals surface area contributed by atoms with Gasteiger partial charge in [-0.1, -0.05) is 103 Å². The minimum atomic E-state index is -4.17. The molecule has 4 aromatic rings. The number of rotatable bonds is 14. The number of benzene rings is 4. The zero-order chi connectivity index (χ0) is 31.5. The Bertz CT molecular complexity index is 1630. The minimum absolute atomic E-state index is 0.00179. The highest BCUT2D eigenvalue weighted by Gasteiger charge is 2.34. The van der Waals surface area contributed by atoms with E-state index in [-0.39, 0.29) is 23.8 Å². The van der Waals surface area contributed by atoms with Crippen molar-refractivity contribution in [3.63, 3.8) is 0 Å². The molecule has 1 N–H and O–H groups in total. The maximum atomic E-state index is 14.4. The molecule has 0 unspecified atom stereocenters. The summed E-state index contributed by atoms with van der Waals surface area (Å²) in [6.07, 6.45) is 1.98. The van der Waals surface area contributed by atoms with E-state index in [9.17, 15) is 18.0 Å². The molecule has 44 heavy (non-hydrogen) atoms. The topological polar surface area (TPSA) is 86.8 Å². The molecule has 4 aromatic carbocycles. The molecule has 0 aliphatic carbocycles. The number of para-hydroxylation sites is 1. The predicted molar refractivity (Wildman–Crippen MR) is 176 cm³/mol. The molecule has 0 spiro atoms. The van der Waals surface area contributed by atoms with Crippen LogP contribution in [0.1, 0.15) is 36.5 Å². The molecule has 0 saturated heterocycles. The van der Waals surface area contributed by atoms with Crippen LogP contribution in [0.15, 0.2) is 114 Å². The molecule has 230 valence electrons. The van der Waals surface area contributed by atoms with Gasteiger partial charge in [0.2, 0.25) is 11.8 Å². The zero-order valence-electron chi connectivity index (χ0n) is 25.0. The van der Waals surface area contributed by atoms with E-state index in [2.05, 4.69) is 5.32 Å². The number of halogens is 1. The van der Waals surface area contributed by atoms with Gasteiger partial charge in [-0.25, -0.2) is 8.42 Å². The molecular formula is C35H38ClN3O4S. The lowest BCUT2D eigenvalue weighted by atomic mass is 10.0. The van der Waals surface area contributed by atoms with Crippen LogP contribution in [0, 0.1) is 6.92 Å². The molecule has 0 saturated carbocycles. The highest BCUT2D eigenvalue weighted by atomic mass is 35.5. The van der Waals surface area contributed by atoms with E-state index in [0.717, 1.165) is 33.8 Å². The number of sulfonamides is 1. The van der Waals surface area contributed by atoms with Crippen molar-refractivity contribution in [2.45, 2.75) is 50.6 Å². The normalized spacial score (nSPS) is 11.9. The van der Waals surface area contributed by atoms with Crippen LogP contribution in [0.2, 0.25) is 5.02 Å². The first-order valence-electron chi connectivity index (χ1n) is 14.7. The van der Waals surface area contributed by atoms with E-state index in [1.165, 1.54) is 29.2 Å². The van der Waals surface area contributed by atoms with Crippen LogP contribution in [0.25, 0.3) is 0 Å². The first-order chi connectivity index (χ1) is 21.2. The molecule has 2 amide bonds. The van der Waals surface area contributed by atoms with Crippen molar-refractivity contribution in [2.75, 3.05) is 17.4 Å². The number of anilines is 1. The minimum Gasteiger partial charge on any atom is -0.354 e. The molecule has 0 bridgehead atoms. The van der Waals surface area contributed by atoms with E-state index in [4.69, 9.17) is 11.6 Å². The Morgan fingerprint density at radius 1 is 0.841 bits per heavy atom. The van der Waals surface area contributed by atoms with E-state index < -0.39 is 28.5 Å². The molecule has 0 aliphatic rings. The maximum absolute atomic E-state index is 14.4. The summed E-state index contributed by atoms with van der Waals surface area (Å²) in [5.41, 5.74) is 3.07. The SMILES string of the molecule is CCCCNC(=O)[C@@H](Cc1ccccc1)N(Cc1cccc(C)c1)C(=O)CN(c1ccccc1)S(=O)(=O)c1ccc(Cl)cc1. The van der Waals surface area contributed by atoms with Gasteiger partial charge in [-0.3, -0.25) is 13.9 Å². The summed E-state index contributed by atoms with van der Waals surface area (Å²) in [5, 5.41) is 3.40. The van der Waals surface area contributed by atoms with Gasteiger partial charge in [-0.05, 0) is 60.9 Å². The van der Waals surface area contributed by atoms with Crippen LogP contribution in [0.4, 0.5) is 5.69 Å². The van der Waals surface area contributed by atoms with Crippen molar-refractivity contribution >= 4 is 39.1 Å². The van der Waals surface area contributed by atoms with Crippen molar-refractivity contribution in [1.29, 1.82) is 0 Å². The summed E-state index contributed by atoms with van der Waals surface area (Å²) in [4.78, 5) is 29.7. The largest absolute Gasteiger partial charge is 0.354 e. The summed E-state index contributed by atoms with van der Waals surface area (Å²) in [7, 11) is -4.17. The standard InChI is InChI=1S/C35H38ClN3O4S/c1-3-4-22-37-35(41)33(24-28-13-7-5-8-14-28)38(25-29-15-11-12-27(2)23-29)34(40)26-39(31-16-9-6-10-17-31)44(42,43)32-20-18-30(36)19-21-32/h5-21,23,33H,3-4,22,24-26H2,1-2H3,(H,37,41)/t33-/m1/s1. The van der Waals surface area contributed by atoms with E-state index in [1.54, 1.807) is 30.3 Å². The smallest absolute Gasteiger partial charge is 0.264 e. The van der Waals surface area contributed by atoms with Gasteiger partial charge in [-0.2, -0.15) is 0 Å². The second kappa shape index (κ2) is 15.5. The molecule has 0 aromatic heterocycles. The van der Waals surface area contributed by atoms with Gasteiger partial charge in [0.05, 0.1) is 10.6 Å². The van der Waals surface area contributed by atoms with Gasteiger partial charge in [-0.15, -0.1) is 0 Å². The molecule has 0 aliphatic heterocycles. The van der Waals surface area contributed by atoms with Crippen molar-refractivity contribution in [2.24, 2.45) is 0 Å². The van der Waals surface area contributed by atoms with Crippen molar-refractivity contribution in [3.8, 4) is 0 Å². The predicted octanol–water partition coefficient (Wildman–Crippen LogP) is 6.40. The second-order valence-electron chi connectivity index (χ2n) is 10.7. The third kappa shape index (κ3) is 8.71. The van der Waals surface area contributed by atoms with Gasteiger partial charge in [0.1, 0.15) is 12.6 Å². The van der Waals surface area contributed by atoms with E-state index >= 15 is 0 Å². The fourth-order valence-electron chi connectivity index (χ4n) is 4.92. The van der Waals surface area contributed by atoms with Gasteiger partial charge in [0.25, 0.3) is 10.0 Å². The number of carbonyl (C=O) groups is 2. The summed E-state index contributed by atoms with van der Waals surface area (Å²) >= 11 is 6.04. The summed E-state index contributed by atoms with van der Waals surface area (Å²) < 4.78 is 29.1. The van der Waals surface area contributed by atoms with Crippen LogP contribution in [0.3, 0.4) is 0 Å². The van der Waals surface area contributed by atoms with Gasteiger partial charge >= 0.3 is 0 Å². The van der Waals surface area contributed by atoms with Crippen molar-refractivity contribution in [3.05, 3.63) is 131 Å². The summed E-state index contributed by atoms with van der Waals surface area (Å²) in [6.45, 7) is 4.11. The van der Waals surface area contributed by atoms with E-state index in [1.807, 2.05) is 68.4 Å². The molecule has 0 heterocycles. The summed E-state index contributed by atoms with van der Waals surface area (Å²) in [5.74, 6) is -0.783. The lowest BCUT2D eigenvalue weighted by Gasteiger charge is -2.34. The number of carbonyl (C=O) groups excluding carboxylic acids is 2. The monoisotopic (exact) mass is 631 g/mol. The van der Waals surface area contributed by atoms with E-state index in [0.29, 0.717) is 17.3 Å². The first-order valence-corrected chi connectivity index (χ1v) is 16.5. The number of hydrogen-bond acceptors (Lipinski definition) is 4. The number of nitrogens with one attached hydrogen (secondary N) is 1. The van der Waals surface area contributed by atoms with Crippen LogP contribution in [0.5, 0.6) is 0 Å². The Balaban J connectivity index is 1.77. The maximum Gasteiger partial charge on any atom is 0.264 e. The second-order valence-corrected chi connectivity index (χ2v) is 13.0. The highest BCUT2D eigenvalue weighted by molar-refractivity contribution is 7.92. The van der Waals surface area contributed by atoms with Crippen LogP contribution >= 0.6 is 11.6 Å². The number of hydrogen-bond donors (Lipinski definition) is 1. The third-order valence-corrected chi connectivity index (χ3v) is 9.30. The fourth-order valence-corrected chi connectivity index (χ4v) is 6.46. The van der Waals surface area contributed by atoms with Crippen molar-refractivity contribution in [1.82, 2.24) is 10.2 Å².